The minimum absolute atomic E-state index is 0.154. The standard InChI is InChI=1S/C29H42N2O2/c1-4-7-9-10-12-28(32)33-26-16-14-24(15-17-26)29-30-21-25-20-23(13-18-27(25)31-29)19-22(6-3)11-8-5-2/h14-17,21-23H,4-13,18-20H2,1-3H3. The number of ether oxygens (including phenoxy) is 1. The van der Waals surface area contributed by atoms with Crippen molar-refractivity contribution in [3.8, 4) is 17.1 Å². The predicted molar refractivity (Wildman–Crippen MR) is 135 cm³/mol. The molecule has 180 valence electrons. The van der Waals surface area contributed by atoms with Crippen LogP contribution in [0.2, 0.25) is 0 Å². The van der Waals surface area contributed by atoms with Gasteiger partial charge in [0.2, 0.25) is 0 Å². The fourth-order valence-electron chi connectivity index (χ4n) is 4.93. The summed E-state index contributed by atoms with van der Waals surface area (Å²) < 4.78 is 5.47. The van der Waals surface area contributed by atoms with Crippen LogP contribution < -0.4 is 4.74 Å². The number of unbranched alkanes of at least 4 members (excludes halogenated alkanes) is 4. The molecule has 1 heterocycles. The van der Waals surface area contributed by atoms with Gasteiger partial charge in [0.15, 0.2) is 5.82 Å². The third-order valence-corrected chi connectivity index (χ3v) is 7.04. The van der Waals surface area contributed by atoms with Crippen LogP contribution in [0.15, 0.2) is 30.5 Å². The van der Waals surface area contributed by atoms with Crippen LogP contribution in [-0.4, -0.2) is 15.9 Å². The monoisotopic (exact) mass is 450 g/mol. The van der Waals surface area contributed by atoms with E-state index in [0.717, 1.165) is 48.9 Å². The maximum absolute atomic E-state index is 12.0. The minimum Gasteiger partial charge on any atom is -0.427 e. The van der Waals surface area contributed by atoms with E-state index in [1.165, 1.54) is 62.6 Å². The molecule has 0 bridgehead atoms. The second kappa shape index (κ2) is 13.5. The van der Waals surface area contributed by atoms with Gasteiger partial charge >= 0.3 is 5.97 Å². The van der Waals surface area contributed by atoms with E-state index in [9.17, 15) is 4.79 Å². The summed E-state index contributed by atoms with van der Waals surface area (Å²) >= 11 is 0. The van der Waals surface area contributed by atoms with Crippen LogP contribution in [0.1, 0.15) is 103 Å². The average Bonchev–Trinajstić information content (AvgIpc) is 2.84. The topological polar surface area (TPSA) is 52.1 Å². The number of benzene rings is 1. The van der Waals surface area contributed by atoms with E-state index in [1.807, 2.05) is 30.5 Å². The maximum atomic E-state index is 12.0. The molecule has 2 atom stereocenters. The molecule has 0 aliphatic heterocycles. The molecule has 0 amide bonds. The quantitative estimate of drug-likeness (QED) is 0.178. The summed E-state index contributed by atoms with van der Waals surface area (Å²) in [6.45, 7) is 6.79. The van der Waals surface area contributed by atoms with Gasteiger partial charge < -0.3 is 4.74 Å². The van der Waals surface area contributed by atoms with E-state index in [2.05, 4.69) is 25.8 Å². The summed E-state index contributed by atoms with van der Waals surface area (Å²) in [5.74, 6) is 2.83. The molecule has 0 N–H and O–H groups in total. The Morgan fingerprint density at radius 2 is 1.85 bits per heavy atom. The third-order valence-electron chi connectivity index (χ3n) is 7.04. The molecule has 1 aliphatic carbocycles. The number of fused-ring (bicyclic) bond motifs is 1. The Bertz CT molecular complexity index is 862. The van der Waals surface area contributed by atoms with Gasteiger partial charge in [0.1, 0.15) is 5.75 Å². The van der Waals surface area contributed by atoms with Crippen LogP contribution in [0.3, 0.4) is 0 Å². The van der Waals surface area contributed by atoms with E-state index in [1.54, 1.807) is 0 Å². The molecule has 1 aromatic heterocycles. The zero-order chi connectivity index (χ0) is 23.5. The molecular weight excluding hydrogens is 408 g/mol. The van der Waals surface area contributed by atoms with Gasteiger partial charge in [-0.25, -0.2) is 9.97 Å². The van der Waals surface area contributed by atoms with Crippen molar-refractivity contribution in [2.75, 3.05) is 0 Å². The molecule has 0 spiro atoms. The fraction of sp³-hybridized carbons (Fsp3) is 0.621. The van der Waals surface area contributed by atoms with Crippen LogP contribution >= 0.6 is 0 Å². The lowest BCUT2D eigenvalue weighted by Gasteiger charge is -2.27. The predicted octanol–water partition coefficient (Wildman–Crippen LogP) is 7.73. The number of aryl methyl sites for hydroxylation is 1. The number of hydrogen-bond acceptors (Lipinski definition) is 4. The molecule has 1 aromatic carbocycles. The van der Waals surface area contributed by atoms with Crippen LogP contribution in [0.4, 0.5) is 0 Å². The number of hydrogen-bond donors (Lipinski definition) is 0. The number of carbonyl (C=O) groups is 1. The van der Waals surface area contributed by atoms with Gasteiger partial charge in [0, 0.05) is 23.9 Å². The highest BCUT2D eigenvalue weighted by molar-refractivity contribution is 5.72. The van der Waals surface area contributed by atoms with Gasteiger partial charge in [-0.15, -0.1) is 0 Å². The van der Waals surface area contributed by atoms with Crippen LogP contribution in [-0.2, 0) is 17.6 Å². The summed E-state index contributed by atoms with van der Waals surface area (Å²) in [4.78, 5) is 21.6. The van der Waals surface area contributed by atoms with Crippen LogP contribution in [0, 0.1) is 11.8 Å². The van der Waals surface area contributed by atoms with Crippen molar-refractivity contribution in [2.24, 2.45) is 11.8 Å². The molecule has 0 radical (unpaired) electrons. The lowest BCUT2D eigenvalue weighted by molar-refractivity contribution is -0.134. The molecule has 33 heavy (non-hydrogen) atoms. The molecule has 4 nitrogen and oxygen atoms in total. The maximum Gasteiger partial charge on any atom is 0.311 e. The zero-order valence-corrected chi connectivity index (χ0v) is 20.9. The van der Waals surface area contributed by atoms with E-state index < -0.39 is 0 Å². The van der Waals surface area contributed by atoms with Crippen molar-refractivity contribution in [1.82, 2.24) is 9.97 Å². The number of esters is 1. The van der Waals surface area contributed by atoms with E-state index in [0.29, 0.717) is 12.2 Å². The summed E-state index contributed by atoms with van der Waals surface area (Å²) in [6.07, 6.45) is 16.9. The Labute approximate surface area is 200 Å². The van der Waals surface area contributed by atoms with Gasteiger partial charge in [-0.1, -0.05) is 65.7 Å². The second-order valence-electron chi connectivity index (χ2n) is 9.74. The van der Waals surface area contributed by atoms with Crippen molar-refractivity contribution >= 4 is 5.97 Å². The van der Waals surface area contributed by atoms with Crippen molar-refractivity contribution in [2.45, 2.75) is 104 Å². The summed E-state index contributed by atoms with van der Waals surface area (Å²) in [5.41, 5.74) is 3.50. The highest BCUT2D eigenvalue weighted by Gasteiger charge is 2.23. The molecule has 4 heteroatoms. The molecule has 2 unspecified atom stereocenters. The Balaban J connectivity index is 1.55. The SMILES string of the molecule is CCCCCCC(=O)Oc1ccc(-c2ncc3c(n2)CCC(CC(CC)CCCC)C3)cc1. The molecule has 1 aliphatic rings. The normalized spacial score (nSPS) is 16.3. The van der Waals surface area contributed by atoms with Gasteiger partial charge in [0.25, 0.3) is 0 Å². The van der Waals surface area contributed by atoms with Crippen LogP contribution in [0.5, 0.6) is 5.75 Å². The summed E-state index contributed by atoms with van der Waals surface area (Å²) in [7, 11) is 0. The van der Waals surface area contributed by atoms with Crippen molar-refractivity contribution in [3.05, 3.63) is 41.7 Å². The highest BCUT2D eigenvalue weighted by atomic mass is 16.5. The minimum atomic E-state index is -0.154. The Kier molecular flexibility index (Phi) is 10.4. The van der Waals surface area contributed by atoms with Crippen LogP contribution in [0.25, 0.3) is 11.4 Å². The van der Waals surface area contributed by atoms with E-state index in [4.69, 9.17) is 9.72 Å². The smallest absolute Gasteiger partial charge is 0.311 e. The first kappa shape index (κ1) is 25.4. The van der Waals surface area contributed by atoms with Crippen molar-refractivity contribution in [3.63, 3.8) is 0 Å². The van der Waals surface area contributed by atoms with Crippen molar-refractivity contribution < 1.29 is 9.53 Å². The first-order valence-corrected chi connectivity index (χ1v) is 13.3. The Morgan fingerprint density at radius 3 is 2.58 bits per heavy atom. The summed E-state index contributed by atoms with van der Waals surface area (Å²) in [6, 6.07) is 7.60. The molecule has 0 saturated carbocycles. The average molecular weight is 451 g/mol. The second-order valence-corrected chi connectivity index (χ2v) is 9.74. The lowest BCUT2D eigenvalue weighted by Crippen LogP contribution is -2.19. The van der Waals surface area contributed by atoms with Gasteiger partial charge in [-0.2, -0.15) is 0 Å². The highest BCUT2D eigenvalue weighted by Crippen LogP contribution is 2.32. The van der Waals surface area contributed by atoms with E-state index >= 15 is 0 Å². The molecular formula is C29H42N2O2. The fourth-order valence-corrected chi connectivity index (χ4v) is 4.93. The third kappa shape index (κ3) is 7.94. The first-order valence-electron chi connectivity index (χ1n) is 13.3. The molecule has 3 rings (SSSR count). The Hall–Kier alpha value is -2.23. The number of aromatic nitrogens is 2. The number of nitrogens with zero attached hydrogens (tertiary/aromatic N) is 2. The summed E-state index contributed by atoms with van der Waals surface area (Å²) in [5, 5.41) is 0. The lowest BCUT2D eigenvalue weighted by atomic mass is 9.79. The first-order chi connectivity index (χ1) is 16.1. The number of rotatable bonds is 13. The van der Waals surface area contributed by atoms with Gasteiger partial charge in [-0.05, 0) is 73.8 Å². The molecule has 0 saturated heterocycles. The van der Waals surface area contributed by atoms with Crippen molar-refractivity contribution in [1.29, 1.82) is 0 Å². The zero-order valence-electron chi connectivity index (χ0n) is 20.9. The molecule has 0 fully saturated rings. The largest absolute Gasteiger partial charge is 0.427 e. The number of carbonyl (C=O) groups excluding carboxylic acids is 1. The Morgan fingerprint density at radius 1 is 1.06 bits per heavy atom. The molecule has 2 aromatic rings. The van der Waals surface area contributed by atoms with E-state index in [-0.39, 0.29) is 5.97 Å². The van der Waals surface area contributed by atoms with Gasteiger partial charge in [-0.3, -0.25) is 4.79 Å². The van der Waals surface area contributed by atoms with Gasteiger partial charge in [0.05, 0.1) is 0 Å².